The van der Waals surface area contributed by atoms with Crippen LogP contribution in [0.15, 0.2) is 6.20 Å². The van der Waals surface area contributed by atoms with Crippen LogP contribution in [0, 0.1) is 6.92 Å². The molecule has 0 fully saturated rings. The van der Waals surface area contributed by atoms with Crippen molar-refractivity contribution in [2.24, 2.45) is 7.05 Å². The molecule has 1 rings (SSSR count). The molecule has 0 aliphatic carbocycles. The summed E-state index contributed by atoms with van der Waals surface area (Å²) < 4.78 is 6.56. The van der Waals surface area contributed by atoms with E-state index < -0.39 is 12.1 Å². The van der Waals surface area contributed by atoms with Gasteiger partial charge in [-0.3, -0.25) is 4.68 Å². The van der Waals surface area contributed by atoms with Gasteiger partial charge in [0.25, 0.3) is 0 Å². The summed E-state index contributed by atoms with van der Waals surface area (Å²) in [5.41, 5.74) is 1.87. The Kier molecular flexibility index (Phi) is 3.24. The van der Waals surface area contributed by atoms with Gasteiger partial charge in [0.05, 0.1) is 6.20 Å². The molecule has 1 N–H and O–H groups in total. The van der Waals surface area contributed by atoms with Gasteiger partial charge in [-0.2, -0.15) is 5.10 Å². The number of rotatable bonds is 4. The fourth-order valence-corrected chi connectivity index (χ4v) is 1.22. The number of ether oxygens (including phenoxy) is 1. The number of hydrogen-bond donors (Lipinski definition) is 1. The number of aliphatic carboxylic acids is 1. The molecule has 0 saturated heterocycles. The van der Waals surface area contributed by atoms with Gasteiger partial charge >= 0.3 is 5.97 Å². The minimum atomic E-state index is -0.948. The summed E-state index contributed by atoms with van der Waals surface area (Å²) in [7, 11) is 3.21. The first-order chi connectivity index (χ1) is 6.56. The molecule has 0 spiro atoms. The molecule has 0 amide bonds. The fourth-order valence-electron chi connectivity index (χ4n) is 1.22. The Balaban J connectivity index is 2.77. The lowest BCUT2D eigenvalue weighted by atomic mass is 10.1. The summed E-state index contributed by atoms with van der Waals surface area (Å²) in [5, 5.41) is 12.8. The van der Waals surface area contributed by atoms with Gasteiger partial charge in [0.2, 0.25) is 0 Å². The monoisotopic (exact) mass is 198 g/mol. The van der Waals surface area contributed by atoms with E-state index in [1.165, 1.54) is 7.11 Å². The highest BCUT2D eigenvalue weighted by Gasteiger charge is 2.18. The molecule has 0 aliphatic rings. The number of nitrogens with zero attached hydrogens (tertiary/aromatic N) is 2. The summed E-state index contributed by atoms with van der Waals surface area (Å²) >= 11 is 0. The van der Waals surface area contributed by atoms with Crippen molar-refractivity contribution in [1.29, 1.82) is 0 Å². The number of carboxylic acids is 1. The van der Waals surface area contributed by atoms with Crippen LogP contribution in [0.1, 0.15) is 11.3 Å². The SMILES string of the molecule is COC(Cc1cnn(C)c1C)C(=O)O. The molecule has 1 aromatic rings. The van der Waals surface area contributed by atoms with Crippen molar-refractivity contribution in [2.45, 2.75) is 19.4 Å². The largest absolute Gasteiger partial charge is 0.479 e. The van der Waals surface area contributed by atoms with Crippen LogP contribution in [-0.4, -0.2) is 34.1 Å². The van der Waals surface area contributed by atoms with E-state index in [2.05, 4.69) is 5.10 Å². The molecule has 0 aromatic carbocycles. The molecule has 5 nitrogen and oxygen atoms in total. The summed E-state index contributed by atoms with van der Waals surface area (Å²) in [4.78, 5) is 10.7. The highest BCUT2D eigenvalue weighted by atomic mass is 16.5. The van der Waals surface area contributed by atoms with Gasteiger partial charge in [0.15, 0.2) is 6.10 Å². The molecule has 78 valence electrons. The first-order valence-electron chi connectivity index (χ1n) is 4.29. The van der Waals surface area contributed by atoms with Gasteiger partial charge in [0, 0.05) is 26.3 Å². The number of aromatic nitrogens is 2. The Morgan fingerprint density at radius 2 is 2.43 bits per heavy atom. The molecular formula is C9H14N2O3. The van der Waals surface area contributed by atoms with Crippen molar-refractivity contribution in [1.82, 2.24) is 9.78 Å². The zero-order valence-electron chi connectivity index (χ0n) is 8.52. The molecule has 0 bridgehead atoms. The predicted molar refractivity (Wildman–Crippen MR) is 50.1 cm³/mol. The lowest BCUT2D eigenvalue weighted by molar-refractivity contribution is -0.148. The smallest absolute Gasteiger partial charge is 0.333 e. The maximum atomic E-state index is 10.7. The highest BCUT2D eigenvalue weighted by Crippen LogP contribution is 2.10. The predicted octanol–water partition coefficient (Wildman–Crippen LogP) is 0.371. The van der Waals surface area contributed by atoms with Crippen molar-refractivity contribution in [3.8, 4) is 0 Å². The lowest BCUT2D eigenvalue weighted by Crippen LogP contribution is -2.25. The van der Waals surface area contributed by atoms with Crippen molar-refractivity contribution in [3.05, 3.63) is 17.5 Å². The molecule has 1 aromatic heterocycles. The Labute approximate surface area is 82.3 Å². The standard InChI is InChI=1S/C9H14N2O3/c1-6-7(5-10-11(6)2)4-8(14-3)9(12)13/h5,8H,4H2,1-3H3,(H,12,13). The second-order valence-electron chi connectivity index (χ2n) is 3.15. The Morgan fingerprint density at radius 1 is 1.79 bits per heavy atom. The van der Waals surface area contributed by atoms with E-state index >= 15 is 0 Å². The second kappa shape index (κ2) is 4.23. The average molecular weight is 198 g/mol. The molecule has 1 atom stereocenters. The lowest BCUT2D eigenvalue weighted by Gasteiger charge is -2.09. The average Bonchev–Trinajstić information content (AvgIpc) is 2.44. The van der Waals surface area contributed by atoms with Crippen LogP contribution >= 0.6 is 0 Å². The Morgan fingerprint density at radius 3 is 2.79 bits per heavy atom. The first kappa shape index (κ1) is 10.7. The van der Waals surface area contributed by atoms with Crippen LogP contribution in [0.3, 0.4) is 0 Å². The van der Waals surface area contributed by atoms with E-state index in [-0.39, 0.29) is 0 Å². The van der Waals surface area contributed by atoms with Crippen molar-refractivity contribution in [3.63, 3.8) is 0 Å². The number of carbonyl (C=O) groups is 1. The number of methoxy groups -OCH3 is 1. The third-order valence-corrected chi connectivity index (χ3v) is 2.30. The van der Waals surface area contributed by atoms with Gasteiger partial charge in [-0.1, -0.05) is 0 Å². The molecule has 1 heterocycles. The van der Waals surface area contributed by atoms with Gasteiger partial charge in [-0.15, -0.1) is 0 Å². The molecule has 1 unspecified atom stereocenters. The number of aryl methyl sites for hydroxylation is 1. The zero-order valence-corrected chi connectivity index (χ0v) is 8.52. The fraction of sp³-hybridized carbons (Fsp3) is 0.556. The third kappa shape index (κ3) is 2.11. The van der Waals surface area contributed by atoms with E-state index in [4.69, 9.17) is 9.84 Å². The van der Waals surface area contributed by atoms with Crippen LogP contribution in [0.2, 0.25) is 0 Å². The summed E-state index contributed by atoms with van der Waals surface area (Å²) in [6, 6.07) is 0. The molecule has 5 heteroatoms. The minimum absolute atomic E-state index is 0.353. The van der Waals surface area contributed by atoms with Crippen molar-refractivity contribution >= 4 is 5.97 Å². The van der Waals surface area contributed by atoms with Crippen LogP contribution in [0.4, 0.5) is 0 Å². The summed E-state index contributed by atoms with van der Waals surface area (Å²) in [6.45, 7) is 1.90. The van der Waals surface area contributed by atoms with E-state index in [9.17, 15) is 4.79 Å². The molecule has 14 heavy (non-hydrogen) atoms. The molecule has 0 aliphatic heterocycles. The summed E-state index contributed by atoms with van der Waals surface area (Å²) in [5.74, 6) is -0.948. The summed E-state index contributed by atoms with van der Waals surface area (Å²) in [6.07, 6.45) is 1.23. The van der Waals surface area contributed by atoms with Gasteiger partial charge < -0.3 is 9.84 Å². The topological polar surface area (TPSA) is 64.4 Å². The van der Waals surface area contributed by atoms with Gasteiger partial charge in [-0.25, -0.2) is 4.79 Å². The maximum Gasteiger partial charge on any atom is 0.333 e. The van der Waals surface area contributed by atoms with Crippen molar-refractivity contribution < 1.29 is 14.6 Å². The molecule has 0 saturated carbocycles. The number of carboxylic acid groups (broad SMARTS) is 1. The maximum absolute atomic E-state index is 10.7. The van der Waals surface area contributed by atoms with Crippen LogP contribution in [0.25, 0.3) is 0 Å². The third-order valence-electron chi connectivity index (χ3n) is 2.30. The van der Waals surface area contributed by atoms with Gasteiger partial charge in [0.1, 0.15) is 0 Å². The van der Waals surface area contributed by atoms with E-state index in [0.29, 0.717) is 6.42 Å². The van der Waals surface area contributed by atoms with Crippen LogP contribution < -0.4 is 0 Å². The van der Waals surface area contributed by atoms with Crippen molar-refractivity contribution in [2.75, 3.05) is 7.11 Å². The van der Waals surface area contributed by atoms with E-state index in [0.717, 1.165) is 11.3 Å². The zero-order chi connectivity index (χ0) is 10.7. The second-order valence-corrected chi connectivity index (χ2v) is 3.15. The van der Waals surface area contributed by atoms with E-state index in [1.807, 2.05) is 14.0 Å². The highest BCUT2D eigenvalue weighted by molar-refractivity contribution is 5.72. The quantitative estimate of drug-likeness (QED) is 0.759. The minimum Gasteiger partial charge on any atom is -0.479 e. The van der Waals surface area contributed by atoms with Crippen LogP contribution in [0.5, 0.6) is 0 Å². The molecule has 0 radical (unpaired) electrons. The molecular weight excluding hydrogens is 184 g/mol. The normalized spacial score (nSPS) is 12.8. The number of hydrogen-bond acceptors (Lipinski definition) is 3. The first-order valence-corrected chi connectivity index (χ1v) is 4.29. The van der Waals surface area contributed by atoms with Crippen LogP contribution in [-0.2, 0) is 23.0 Å². The Hall–Kier alpha value is -1.36. The van der Waals surface area contributed by atoms with Gasteiger partial charge in [-0.05, 0) is 12.5 Å². The Bertz CT molecular complexity index is 333. The van der Waals surface area contributed by atoms with E-state index in [1.54, 1.807) is 10.9 Å².